The van der Waals surface area contributed by atoms with Crippen molar-refractivity contribution in [1.82, 2.24) is 14.7 Å². The maximum Gasteiger partial charge on any atom is 0.338 e. The summed E-state index contributed by atoms with van der Waals surface area (Å²) in [5.41, 5.74) is 3.75. The minimum Gasteiger partial charge on any atom is -0.462 e. The van der Waals surface area contributed by atoms with Gasteiger partial charge in [-0.25, -0.2) is 9.48 Å². The number of anilines is 1. The summed E-state index contributed by atoms with van der Waals surface area (Å²) in [6.45, 7) is 6.62. The van der Waals surface area contributed by atoms with Gasteiger partial charge in [0.1, 0.15) is 5.69 Å². The molecule has 0 spiro atoms. The molecule has 4 rings (SSSR count). The average Bonchev–Trinajstić information content (AvgIpc) is 3.21. The van der Waals surface area contributed by atoms with Gasteiger partial charge in [0, 0.05) is 31.9 Å². The molecular formula is C24H26N4O3. The van der Waals surface area contributed by atoms with Crippen LogP contribution in [0, 0.1) is 6.92 Å². The molecule has 1 saturated heterocycles. The van der Waals surface area contributed by atoms with Crippen molar-refractivity contribution in [2.75, 3.05) is 37.7 Å². The number of carbonyl (C=O) groups is 2. The SMILES string of the molecule is CCOC(=O)c1cccc(N2CCN(C(=O)c3cc(C)nn3-c3ccccc3)CC2)c1. The van der Waals surface area contributed by atoms with E-state index >= 15 is 0 Å². The fourth-order valence-corrected chi connectivity index (χ4v) is 3.79. The fraction of sp³-hybridized carbons (Fsp3) is 0.292. The first kappa shape index (κ1) is 20.7. The van der Waals surface area contributed by atoms with E-state index in [4.69, 9.17) is 4.74 Å². The summed E-state index contributed by atoms with van der Waals surface area (Å²) in [6.07, 6.45) is 0. The molecule has 0 saturated carbocycles. The van der Waals surface area contributed by atoms with Gasteiger partial charge in [-0.3, -0.25) is 4.79 Å². The number of nitrogens with zero attached hydrogens (tertiary/aromatic N) is 4. The van der Waals surface area contributed by atoms with E-state index in [0.717, 1.165) is 17.1 Å². The second-order valence-corrected chi connectivity index (χ2v) is 7.47. The molecule has 1 amide bonds. The molecule has 0 radical (unpaired) electrons. The van der Waals surface area contributed by atoms with Crippen LogP contribution in [-0.2, 0) is 4.74 Å². The monoisotopic (exact) mass is 418 g/mol. The standard InChI is InChI=1S/C24H26N4O3/c1-3-31-24(30)19-8-7-11-21(17-19)26-12-14-27(15-13-26)23(29)22-16-18(2)25-28(22)20-9-5-4-6-10-20/h4-11,16-17H,3,12-15H2,1-2H3. The predicted molar refractivity (Wildman–Crippen MR) is 119 cm³/mol. The highest BCUT2D eigenvalue weighted by molar-refractivity contribution is 5.93. The number of hydrogen-bond donors (Lipinski definition) is 0. The van der Waals surface area contributed by atoms with Crippen molar-refractivity contribution in [3.8, 4) is 5.69 Å². The number of ether oxygens (including phenoxy) is 1. The molecule has 160 valence electrons. The van der Waals surface area contributed by atoms with E-state index in [0.29, 0.717) is 44.0 Å². The van der Waals surface area contributed by atoms with Gasteiger partial charge in [-0.1, -0.05) is 24.3 Å². The van der Waals surface area contributed by atoms with Crippen LogP contribution in [0.5, 0.6) is 0 Å². The lowest BCUT2D eigenvalue weighted by Crippen LogP contribution is -2.49. The van der Waals surface area contributed by atoms with E-state index in [2.05, 4.69) is 10.00 Å². The molecule has 0 N–H and O–H groups in total. The van der Waals surface area contributed by atoms with E-state index in [-0.39, 0.29) is 11.9 Å². The van der Waals surface area contributed by atoms with Gasteiger partial charge in [-0.05, 0) is 50.2 Å². The third-order valence-corrected chi connectivity index (χ3v) is 5.34. The van der Waals surface area contributed by atoms with E-state index < -0.39 is 0 Å². The maximum absolute atomic E-state index is 13.3. The molecule has 1 aromatic heterocycles. The smallest absolute Gasteiger partial charge is 0.338 e. The Balaban J connectivity index is 1.46. The summed E-state index contributed by atoms with van der Waals surface area (Å²) in [4.78, 5) is 29.3. The van der Waals surface area contributed by atoms with Gasteiger partial charge in [-0.2, -0.15) is 5.10 Å². The molecule has 7 heteroatoms. The normalized spacial score (nSPS) is 13.9. The second kappa shape index (κ2) is 9.04. The summed E-state index contributed by atoms with van der Waals surface area (Å²) in [5.74, 6) is -0.341. The van der Waals surface area contributed by atoms with Gasteiger partial charge in [-0.15, -0.1) is 0 Å². The Morgan fingerprint density at radius 3 is 2.35 bits per heavy atom. The van der Waals surface area contributed by atoms with Crippen LogP contribution < -0.4 is 4.90 Å². The maximum atomic E-state index is 13.3. The lowest BCUT2D eigenvalue weighted by molar-refractivity contribution is 0.0526. The van der Waals surface area contributed by atoms with Crippen LogP contribution in [0.1, 0.15) is 33.5 Å². The Morgan fingerprint density at radius 1 is 0.935 bits per heavy atom. The highest BCUT2D eigenvalue weighted by Gasteiger charge is 2.26. The summed E-state index contributed by atoms with van der Waals surface area (Å²) in [5, 5.41) is 4.52. The van der Waals surface area contributed by atoms with Crippen molar-refractivity contribution in [2.24, 2.45) is 0 Å². The Labute approximate surface area is 181 Å². The number of para-hydroxylation sites is 1. The minimum absolute atomic E-state index is 0.0237. The van der Waals surface area contributed by atoms with Crippen LogP contribution in [0.2, 0.25) is 0 Å². The molecule has 2 aromatic carbocycles. The number of hydrogen-bond acceptors (Lipinski definition) is 5. The molecule has 2 heterocycles. The lowest BCUT2D eigenvalue weighted by Gasteiger charge is -2.36. The van der Waals surface area contributed by atoms with Crippen LogP contribution >= 0.6 is 0 Å². The number of aromatic nitrogens is 2. The number of carbonyl (C=O) groups excluding carboxylic acids is 2. The number of piperazine rings is 1. The molecule has 0 aliphatic carbocycles. The van der Waals surface area contributed by atoms with Crippen LogP contribution in [0.25, 0.3) is 5.69 Å². The molecule has 0 atom stereocenters. The first-order chi connectivity index (χ1) is 15.1. The van der Waals surface area contributed by atoms with Crippen LogP contribution in [0.15, 0.2) is 60.7 Å². The van der Waals surface area contributed by atoms with Gasteiger partial charge in [0.05, 0.1) is 23.6 Å². The molecule has 7 nitrogen and oxygen atoms in total. The van der Waals surface area contributed by atoms with E-state index in [9.17, 15) is 9.59 Å². The van der Waals surface area contributed by atoms with Crippen molar-refractivity contribution < 1.29 is 14.3 Å². The molecule has 1 fully saturated rings. The van der Waals surface area contributed by atoms with Gasteiger partial charge in [0.2, 0.25) is 0 Å². The Bertz CT molecular complexity index is 1070. The molecule has 1 aliphatic rings. The molecule has 0 bridgehead atoms. The summed E-state index contributed by atoms with van der Waals surface area (Å²) in [6, 6.07) is 19.0. The number of amides is 1. The van der Waals surface area contributed by atoms with Crippen LogP contribution in [-0.4, -0.2) is 59.3 Å². The number of benzene rings is 2. The number of rotatable bonds is 5. The van der Waals surface area contributed by atoms with Crippen LogP contribution in [0.3, 0.4) is 0 Å². The van der Waals surface area contributed by atoms with Crippen molar-refractivity contribution in [3.05, 3.63) is 77.6 Å². The second-order valence-electron chi connectivity index (χ2n) is 7.47. The van der Waals surface area contributed by atoms with Gasteiger partial charge in [0.25, 0.3) is 5.91 Å². The largest absolute Gasteiger partial charge is 0.462 e. The molecule has 1 aliphatic heterocycles. The van der Waals surface area contributed by atoms with Crippen LogP contribution in [0.4, 0.5) is 5.69 Å². The molecule has 3 aromatic rings. The molecule has 31 heavy (non-hydrogen) atoms. The van der Waals surface area contributed by atoms with E-state index in [1.54, 1.807) is 17.7 Å². The lowest BCUT2D eigenvalue weighted by atomic mass is 10.1. The average molecular weight is 418 g/mol. The van der Waals surface area contributed by atoms with Gasteiger partial charge < -0.3 is 14.5 Å². The molecule has 0 unspecified atom stereocenters. The van der Waals surface area contributed by atoms with E-state index in [1.807, 2.05) is 66.4 Å². The predicted octanol–water partition coefficient (Wildman–Crippen LogP) is 3.32. The Morgan fingerprint density at radius 2 is 1.65 bits per heavy atom. The summed E-state index contributed by atoms with van der Waals surface area (Å²) >= 11 is 0. The first-order valence-electron chi connectivity index (χ1n) is 10.5. The van der Waals surface area contributed by atoms with Gasteiger partial charge in [0.15, 0.2) is 0 Å². The van der Waals surface area contributed by atoms with Gasteiger partial charge >= 0.3 is 5.97 Å². The molecular weight excluding hydrogens is 392 g/mol. The third kappa shape index (κ3) is 4.45. The van der Waals surface area contributed by atoms with Crippen molar-refractivity contribution in [1.29, 1.82) is 0 Å². The Hall–Kier alpha value is -3.61. The topological polar surface area (TPSA) is 67.7 Å². The van der Waals surface area contributed by atoms with Crippen molar-refractivity contribution >= 4 is 17.6 Å². The van der Waals surface area contributed by atoms with E-state index in [1.165, 1.54) is 0 Å². The zero-order chi connectivity index (χ0) is 21.8. The highest BCUT2D eigenvalue weighted by Crippen LogP contribution is 2.21. The quantitative estimate of drug-likeness (QED) is 0.595. The number of esters is 1. The van der Waals surface area contributed by atoms with Crippen molar-refractivity contribution in [3.63, 3.8) is 0 Å². The van der Waals surface area contributed by atoms with Crippen molar-refractivity contribution in [2.45, 2.75) is 13.8 Å². The minimum atomic E-state index is -0.317. The number of aryl methyl sites for hydroxylation is 1. The highest BCUT2D eigenvalue weighted by atomic mass is 16.5. The zero-order valence-electron chi connectivity index (χ0n) is 17.8. The Kier molecular flexibility index (Phi) is 6.02. The first-order valence-corrected chi connectivity index (χ1v) is 10.5. The zero-order valence-corrected chi connectivity index (χ0v) is 17.8. The fourth-order valence-electron chi connectivity index (χ4n) is 3.79. The summed E-state index contributed by atoms with van der Waals surface area (Å²) in [7, 11) is 0. The third-order valence-electron chi connectivity index (χ3n) is 5.34. The summed E-state index contributed by atoms with van der Waals surface area (Å²) < 4.78 is 6.81.